The molecule has 0 saturated carbocycles. The Balaban J connectivity index is 1.55. The van der Waals surface area contributed by atoms with E-state index in [1.807, 2.05) is 81.5 Å². The van der Waals surface area contributed by atoms with Gasteiger partial charge in [0.1, 0.15) is 24.2 Å². The fourth-order valence-electron chi connectivity index (χ4n) is 12.3. The van der Waals surface area contributed by atoms with Crippen LogP contribution in [0.25, 0.3) is 0 Å². The second-order valence-electron chi connectivity index (χ2n) is 23.5. The van der Waals surface area contributed by atoms with E-state index in [0.717, 1.165) is 40.6 Å². The third-order valence-electron chi connectivity index (χ3n) is 17.6. The van der Waals surface area contributed by atoms with Crippen LogP contribution in [0.15, 0.2) is 84.0 Å². The van der Waals surface area contributed by atoms with E-state index < -0.39 is 116 Å². The first-order valence-corrected chi connectivity index (χ1v) is 32.0. The van der Waals surface area contributed by atoms with Gasteiger partial charge in [-0.1, -0.05) is 90.5 Å². The first-order valence-electron chi connectivity index (χ1n) is 29.4. The third-order valence-corrected chi connectivity index (χ3v) is 22.3. The van der Waals surface area contributed by atoms with Gasteiger partial charge in [0.05, 0.1) is 90.8 Å². The first kappa shape index (κ1) is 68.1. The predicted octanol–water partition coefficient (Wildman–Crippen LogP) is 10.2. The summed E-state index contributed by atoms with van der Waals surface area (Å²) in [5.41, 5.74) is 0.800. The van der Waals surface area contributed by atoms with Crippen LogP contribution in [0.2, 0.25) is 18.1 Å². The number of hydrogen-bond donors (Lipinski definition) is 0. The average molecular weight is 1200 g/mol. The molecule has 6 bridgehead atoms. The molecule has 2 aromatic rings. The minimum absolute atomic E-state index is 0.0148. The van der Waals surface area contributed by atoms with Crippen molar-refractivity contribution in [2.45, 2.75) is 205 Å². The van der Waals surface area contributed by atoms with Gasteiger partial charge in [-0.3, -0.25) is 4.79 Å². The number of benzene rings is 2. The molecule has 2 aromatic carbocycles. The van der Waals surface area contributed by atoms with Gasteiger partial charge in [-0.2, -0.15) is 0 Å². The summed E-state index contributed by atoms with van der Waals surface area (Å²) in [6.07, 6.45) is 1.12. The lowest BCUT2D eigenvalue weighted by atomic mass is 9.70. The summed E-state index contributed by atoms with van der Waals surface area (Å²) in [5.74, 6) is -4.35. The fraction of sp³-hybridized carbons (Fsp3) is 0.656. The van der Waals surface area contributed by atoms with E-state index in [0.29, 0.717) is 30.6 Å². The molecule has 0 aromatic heterocycles. The number of carbonyl (C=O) groups is 4. The first-order chi connectivity index (χ1) is 40.0. The van der Waals surface area contributed by atoms with E-state index in [1.165, 1.54) is 40.6 Å². The standard InChI is InChI=1S/C64H94O19Si/c1-16-84(17-2,18-3)83-52-34-51-36-55(77-40-44-21-25-48(71-11)26-22-44)62(7,8)63(74-14,81-51)38-53-30-45(31-56(65)72-12)29-49(78-53)27-28-61(5,6)64(75-15)60(80-59(68)41-69-9)46(33-57(66)73-13)32-50(82-64)35-54(79-58(67)37-52)42(4)76-39-43-19-23-47(70-10)24-20-43/h19-28,31,33,42,49-55,60H,16-18,29-30,32,34-41H2,1-15H3/b28-27+,45-31+,46-33+/t42-,49+,50+,51-,52-,53+,54-,55+,60+,63+,64-/m1/s1. The zero-order valence-corrected chi connectivity index (χ0v) is 53.3. The molecule has 84 heavy (non-hydrogen) atoms. The molecular formula is C64H94O19Si. The molecule has 3 fully saturated rings. The van der Waals surface area contributed by atoms with Crippen LogP contribution in [0.1, 0.15) is 118 Å². The van der Waals surface area contributed by atoms with Crippen LogP contribution < -0.4 is 9.47 Å². The zero-order valence-electron chi connectivity index (χ0n) is 52.3. The highest BCUT2D eigenvalue weighted by atomic mass is 28.4. The third kappa shape index (κ3) is 16.7. The van der Waals surface area contributed by atoms with Crippen molar-refractivity contribution in [3.63, 3.8) is 0 Å². The molecule has 11 atom stereocenters. The Bertz CT molecular complexity index is 2550. The molecule has 19 nitrogen and oxygen atoms in total. The monoisotopic (exact) mass is 1190 g/mol. The van der Waals surface area contributed by atoms with E-state index >= 15 is 4.79 Å². The minimum Gasteiger partial charge on any atom is -0.497 e. The van der Waals surface area contributed by atoms with E-state index in [-0.39, 0.29) is 45.3 Å². The summed E-state index contributed by atoms with van der Waals surface area (Å²) >= 11 is 0. The molecule has 20 heteroatoms. The lowest BCUT2D eigenvalue weighted by Crippen LogP contribution is -2.63. The van der Waals surface area contributed by atoms with Gasteiger partial charge in [0.2, 0.25) is 5.79 Å². The number of carbonyl (C=O) groups excluding carboxylic acids is 4. The largest absolute Gasteiger partial charge is 0.497 e. The van der Waals surface area contributed by atoms with E-state index in [9.17, 15) is 14.4 Å². The van der Waals surface area contributed by atoms with Crippen molar-refractivity contribution in [2.75, 3.05) is 56.4 Å². The number of ether oxygens (including phenoxy) is 14. The summed E-state index contributed by atoms with van der Waals surface area (Å²) < 4.78 is 95.3. The van der Waals surface area contributed by atoms with Gasteiger partial charge in [0, 0.05) is 63.6 Å². The maximum atomic E-state index is 15.1. The Kier molecular flexibility index (Phi) is 24.8. The second kappa shape index (κ2) is 30.6. The Morgan fingerprint density at radius 1 is 0.714 bits per heavy atom. The minimum atomic E-state index is -2.45. The zero-order chi connectivity index (χ0) is 61.5. The van der Waals surface area contributed by atoms with Crippen LogP contribution in [-0.2, 0) is 93.7 Å². The van der Waals surface area contributed by atoms with Crippen LogP contribution in [0, 0.1) is 10.8 Å². The normalized spacial score (nSPS) is 30.1. The number of methoxy groups -OCH3 is 7. The molecule has 0 amide bonds. The highest BCUT2D eigenvalue weighted by molar-refractivity contribution is 6.73. The number of esters is 4. The molecule has 4 heterocycles. The molecule has 3 saturated heterocycles. The molecule has 0 spiro atoms. The van der Waals surface area contributed by atoms with Crippen molar-refractivity contribution in [1.82, 2.24) is 0 Å². The topological polar surface area (TPSA) is 207 Å². The van der Waals surface area contributed by atoms with E-state index in [4.69, 9.17) is 70.7 Å². The van der Waals surface area contributed by atoms with Crippen molar-refractivity contribution in [1.29, 1.82) is 0 Å². The SMILES string of the molecule is CC[Si](CC)(CC)O[C@H]1CC(=O)O[C@@H]([C@@H](C)OCc2ccc(OC)cc2)C[C@@H]2C/C(=C\C(=O)OC)[C@H](OC(=O)COC)[C@@](OC)(O2)C(C)(C)/C=C/[C@H]2C/C(=C\C(=O)OC)C[C@@H](C[C@]3(OC)O[C@H](C1)C[C@H](OCc1ccc(OC)cc1)C3(C)C)O2. The number of cyclic esters (lactones) is 1. The van der Waals surface area contributed by atoms with Crippen molar-refractivity contribution in [3.8, 4) is 11.5 Å². The Labute approximate surface area is 498 Å². The Hall–Kier alpha value is -5.00. The predicted molar refractivity (Wildman–Crippen MR) is 314 cm³/mol. The van der Waals surface area contributed by atoms with Crippen LogP contribution in [0.5, 0.6) is 11.5 Å². The molecule has 6 rings (SSSR count). The molecule has 4 aliphatic rings. The Morgan fingerprint density at radius 2 is 1.33 bits per heavy atom. The second-order valence-corrected chi connectivity index (χ2v) is 28.3. The molecule has 468 valence electrons. The number of rotatable bonds is 21. The van der Waals surface area contributed by atoms with Gasteiger partial charge in [0.15, 0.2) is 20.2 Å². The summed E-state index contributed by atoms with van der Waals surface area (Å²) in [6, 6.07) is 17.7. The fourth-order valence-corrected chi connectivity index (χ4v) is 15.2. The van der Waals surface area contributed by atoms with Crippen LogP contribution >= 0.6 is 0 Å². The maximum Gasteiger partial charge on any atom is 0.332 e. The molecule has 4 aliphatic heterocycles. The lowest BCUT2D eigenvalue weighted by Gasteiger charge is -2.56. The van der Waals surface area contributed by atoms with Crippen molar-refractivity contribution < 1.29 is 89.9 Å². The molecule has 0 radical (unpaired) electrons. The average Bonchev–Trinajstić information content (AvgIpc) is 0.929. The lowest BCUT2D eigenvalue weighted by molar-refractivity contribution is -0.362. The smallest absolute Gasteiger partial charge is 0.332 e. The van der Waals surface area contributed by atoms with Gasteiger partial charge >= 0.3 is 23.9 Å². The number of fused-ring (bicyclic) bond motifs is 6. The van der Waals surface area contributed by atoms with Crippen LogP contribution in [0.3, 0.4) is 0 Å². The van der Waals surface area contributed by atoms with Gasteiger partial charge in [-0.15, -0.1) is 0 Å². The van der Waals surface area contributed by atoms with Crippen LogP contribution in [0.4, 0.5) is 0 Å². The van der Waals surface area contributed by atoms with E-state index in [1.54, 1.807) is 21.3 Å². The quantitative estimate of drug-likeness (QED) is 0.0374. The van der Waals surface area contributed by atoms with Crippen LogP contribution in [-0.4, -0.2) is 155 Å². The van der Waals surface area contributed by atoms with Gasteiger partial charge in [-0.25, -0.2) is 14.4 Å². The summed E-state index contributed by atoms with van der Waals surface area (Å²) in [7, 11) is 7.81. The summed E-state index contributed by atoms with van der Waals surface area (Å²) in [4.78, 5) is 55.3. The number of hydrogen-bond acceptors (Lipinski definition) is 19. The molecule has 0 aliphatic carbocycles. The van der Waals surface area contributed by atoms with Crippen molar-refractivity contribution in [2.24, 2.45) is 10.8 Å². The Morgan fingerprint density at radius 3 is 1.90 bits per heavy atom. The van der Waals surface area contributed by atoms with Gasteiger partial charge < -0.3 is 70.7 Å². The van der Waals surface area contributed by atoms with Crippen molar-refractivity contribution >= 4 is 32.2 Å². The maximum absolute atomic E-state index is 15.1. The van der Waals surface area contributed by atoms with E-state index in [2.05, 4.69) is 34.6 Å². The summed E-state index contributed by atoms with van der Waals surface area (Å²) in [6.45, 7) is 16.2. The summed E-state index contributed by atoms with van der Waals surface area (Å²) in [5, 5.41) is 0. The van der Waals surface area contributed by atoms with Crippen molar-refractivity contribution in [3.05, 3.63) is 95.1 Å². The van der Waals surface area contributed by atoms with Gasteiger partial charge in [-0.05, 0) is 91.7 Å². The van der Waals surface area contributed by atoms with Gasteiger partial charge in [0.25, 0.3) is 0 Å². The molecule has 0 N–H and O–H groups in total. The molecular weight excluding hydrogens is 1100 g/mol. The molecule has 0 unspecified atom stereocenters. The highest BCUT2D eigenvalue weighted by Gasteiger charge is 2.61. The highest BCUT2D eigenvalue weighted by Crippen LogP contribution is 2.53.